The first-order valence-corrected chi connectivity index (χ1v) is 7.69. The molecule has 2 rings (SSSR count). The van der Waals surface area contributed by atoms with Crippen molar-refractivity contribution in [2.24, 2.45) is 11.8 Å². The zero-order chi connectivity index (χ0) is 13.3. The molecule has 18 heavy (non-hydrogen) atoms. The average Bonchev–Trinajstić information content (AvgIpc) is 3.03. The largest absolute Gasteiger partial charge is 0.392 e. The summed E-state index contributed by atoms with van der Waals surface area (Å²) in [5.74, 6) is 1.02. The molecular weight excluding hydrogens is 274 g/mol. The number of hydrogen-bond acceptors (Lipinski definition) is 3. The molecule has 4 nitrogen and oxygen atoms in total. The van der Waals surface area contributed by atoms with Crippen molar-refractivity contribution in [3.05, 3.63) is 28.8 Å². The van der Waals surface area contributed by atoms with E-state index in [2.05, 4.69) is 11.6 Å². The summed E-state index contributed by atoms with van der Waals surface area (Å²) >= 11 is 5.90. The van der Waals surface area contributed by atoms with Gasteiger partial charge in [-0.15, -0.1) is 0 Å². The van der Waals surface area contributed by atoms with Gasteiger partial charge in [0.25, 0.3) is 0 Å². The summed E-state index contributed by atoms with van der Waals surface area (Å²) in [7, 11) is -3.60. The molecule has 1 aromatic carbocycles. The number of hydrogen-bond donors (Lipinski definition) is 2. The highest BCUT2D eigenvalue weighted by Crippen LogP contribution is 2.37. The van der Waals surface area contributed by atoms with Crippen molar-refractivity contribution < 1.29 is 13.5 Å². The molecule has 0 bridgehead atoms. The highest BCUT2D eigenvalue weighted by molar-refractivity contribution is 7.89. The summed E-state index contributed by atoms with van der Waals surface area (Å²) in [6.07, 6.45) is 1.06. The second-order valence-electron chi connectivity index (χ2n) is 4.75. The minimum atomic E-state index is -3.60. The van der Waals surface area contributed by atoms with Crippen molar-refractivity contribution in [1.29, 1.82) is 0 Å². The lowest BCUT2D eigenvalue weighted by molar-refractivity contribution is 0.281. The Balaban J connectivity index is 2.17. The van der Waals surface area contributed by atoms with E-state index in [4.69, 9.17) is 16.7 Å². The van der Waals surface area contributed by atoms with E-state index in [1.807, 2.05) is 0 Å². The molecule has 1 aliphatic carbocycles. The number of nitrogens with one attached hydrogen (secondary N) is 1. The number of aliphatic hydroxyl groups excluding tert-OH is 1. The standard InChI is InChI=1S/C12H16ClNO3S/c1-8-4-10(8)6-14-18(16,17)12-5-9(7-15)2-3-11(12)13/h2-3,5,8,10,14-15H,4,6-7H2,1H3. The molecule has 0 radical (unpaired) electrons. The lowest BCUT2D eigenvalue weighted by atomic mass is 10.2. The van der Waals surface area contributed by atoms with E-state index < -0.39 is 10.0 Å². The second kappa shape index (κ2) is 5.17. The monoisotopic (exact) mass is 289 g/mol. The fourth-order valence-corrected chi connectivity index (χ4v) is 3.47. The van der Waals surface area contributed by atoms with E-state index in [1.165, 1.54) is 12.1 Å². The molecule has 1 fully saturated rings. The van der Waals surface area contributed by atoms with Crippen molar-refractivity contribution in [2.45, 2.75) is 24.8 Å². The minimum absolute atomic E-state index is 0.0315. The summed E-state index contributed by atoms with van der Waals surface area (Å²) in [5.41, 5.74) is 0.527. The van der Waals surface area contributed by atoms with E-state index in [0.717, 1.165) is 6.42 Å². The van der Waals surface area contributed by atoms with Gasteiger partial charge in [-0.3, -0.25) is 0 Å². The van der Waals surface area contributed by atoms with Gasteiger partial charge in [-0.1, -0.05) is 24.6 Å². The van der Waals surface area contributed by atoms with Gasteiger partial charge in [0.2, 0.25) is 10.0 Å². The van der Waals surface area contributed by atoms with Crippen molar-refractivity contribution in [1.82, 2.24) is 4.72 Å². The quantitative estimate of drug-likeness (QED) is 0.868. The number of rotatable bonds is 5. The lowest BCUT2D eigenvalue weighted by Gasteiger charge is -2.09. The molecular formula is C12H16ClNO3S. The van der Waals surface area contributed by atoms with Crippen LogP contribution >= 0.6 is 11.6 Å². The molecule has 2 atom stereocenters. The molecule has 100 valence electrons. The molecule has 2 unspecified atom stereocenters. The molecule has 6 heteroatoms. The molecule has 0 aromatic heterocycles. The summed E-state index contributed by atoms with van der Waals surface area (Å²) in [4.78, 5) is 0.0315. The van der Waals surface area contributed by atoms with Gasteiger partial charge in [-0.2, -0.15) is 0 Å². The molecule has 0 spiro atoms. The van der Waals surface area contributed by atoms with Crippen molar-refractivity contribution >= 4 is 21.6 Å². The van der Waals surface area contributed by atoms with Crippen LogP contribution in [0.15, 0.2) is 23.1 Å². The zero-order valence-corrected chi connectivity index (χ0v) is 11.6. The predicted molar refractivity (Wildman–Crippen MR) is 69.8 cm³/mol. The zero-order valence-electron chi connectivity index (χ0n) is 10.1. The second-order valence-corrected chi connectivity index (χ2v) is 6.89. The maximum atomic E-state index is 12.1. The Morgan fingerprint density at radius 1 is 1.50 bits per heavy atom. The number of aliphatic hydroxyl groups is 1. The third-order valence-electron chi connectivity index (χ3n) is 3.28. The lowest BCUT2D eigenvalue weighted by Crippen LogP contribution is -2.26. The van der Waals surface area contributed by atoms with Crippen LogP contribution in [0, 0.1) is 11.8 Å². The van der Waals surface area contributed by atoms with Gasteiger partial charge in [-0.25, -0.2) is 13.1 Å². The Morgan fingerprint density at radius 3 is 2.72 bits per heavy atom. The SMILES string of the molecule is CC1CC1CNS(=O)(=O)c1cc(CO)ccc1Cl. The Labute approximate surface area is 112 Å². The molecule has 1 saturated carbocycles. The van der Waals surface area contributed by atoms with Crippen LogP contribution in [0.25, 0.3) is 0 Å². The van der Waals surface area contributed by atoms with Crippen LogP contribution in [0.5, 0.6) is 0 Å². The van der Waals surface area contributed by atoms with Crippen LogP contribution in [0.1, 0.15) is 18.9 Å². The van der Waals surface area contributed by atoms with Crippen molar-refractivity contribution in [2.75, 3.05) is 6.54 Å². The van der Waals surface area contributed by atoms with Gasteiger partial charge in [-0.05, 0) is 36.0 Å². The van der Waals surface area contributed by atoms with Gasteiger partial charge in [0.1, 0.15) is 4.90 Å². The first-order valence-electron chi connectivity index (χ1n) is 5.83. The van der Waals surface area contributed by atoms with Crippen LogP contribution in [0.4, 0.5) is 0 Å². The smallest absolute Gasteiger partial charge is 0.242 e. The fraction of sp³-hybridized carbons (Fsp3) is 0.500. The molecule has 1 aliphatic rings. The highest BCUT2D eigenvalue weighted by Gasteiger charge is 2.33. The summed E-state index contributed by atoms with van der Waals surface area (Å²) < 4.78 is 26.7. The van der Waals surface area contributed by atoms with Crippen molar-refractivity contribution in [3.63, 3.8) is 0 Å². The van der Waals surface area contributed by atoms with Gasteiger partial charge in [0, 0.05) is 6.54 Å². The number of sulfonamides is 1. The van der Waals surface area contributed by atoms with Gasteiger partial charge < -0.3 is 5.11 Å². The van der Waals surface area contributed by atoms with Gasteiger partial charge >= 0.3 is 0 Å². The van der Waals surface area contributed by atoms with E-state index in [9.17, 15) is 8.42 Å². The normalized spacial score (nSPS) is 23.1. The first-order chi connectivity index (χ1) is 8.44. The van der Waals surface area contributed by atoms with E-state index >= 15 is 0 Å². The van der Waals surface area contributed by atoms with Crippen LogP contribution in [-0.4, -0.2) is 20.1 Å². The molecule has 0 heterocycles. The fourth-order valence-electron chi connectivity index (χ4n) is 1.83. The predicted octanol–water partition coefficient (Wildman–Crippen LogP) is 1.77. The Kier molecular flexibility index (Phi) is 3.96. The van der Waals surface area contributed by atoms with Crippen molar-refractivity contribution in [3.8, 4) is 0 Å². The van der Waals surface area contributed by atoms with E-state index in [0.29, 0.717) is 23.9 Å². The maximum absolute atomic E-state index is 12.1. The Hall–Kier alpha value is -0.620. The molecule has 0 saturated heterocycles. The molecule has 1 aromatic rings. The van der Waals surface area contributed by atoms with Crippen LogP contribution < -0.4 is 4.72 Å². The minimum Gasteiger partial charge on any atom is -0.392 e. The summed E-state index contributed by atoms with van der Waals surface area (Å²) in [6, 6.07) is 4.49. The maximum Gasteiger partial charge on any atom is 0.242 e. The molecule has 0 amide bonds. The third-order valence-corrected chi connectivity index (χ3v) is 5.18. The summed E-state index contributed by atoms with van der Waals surface area (Å²) in [6.45, 7) is 2.33. The van der Waals surface area contributed by atoms with Gasteiger partial charge in [0.15, 0.2) is 0 Å². The summed E-state index contributed by atoms with van der Waals surface area (Å²) in [5, 5.41) is 9.19. The number of benzene rings is 1. The van der Waals surface area contributed by atoms with E-state index in [1.54, 1.807) is 6.07 Å². The first kappa shape index (κ1) is 13.8. The van der Waals surface area contributed by atoms with Crippen LogP contribution in [0.2, 0.25) is 5.02 Å². The van der Waals surface area contributed by atoms with Crippen LogP contribution in [0.3, 0.4) is 0 Å². The third kappa shape index (κ3) is 3.03. The Bertz CT molecular complexity index is 544. The van der Waals surface area contributed by atoms with E-state index in [-0.39, 0.29) is 16.5 Å². The molecule has 2 N–H and O–H groups in total. The number of halogens is 1. The van der Waals surface area contributed by atoms with Gasteiger partial charge in [0.05, 0.1) is 11.6 Å². The average molecular weight is 290 g/mol. The molecule has 0 aliphatic heterocycles. The Morgan fingerprint density at radius 2 is 2.17 bits per heavy atom. The highest BCUT2D eigenvalue weighted by atomic mass is 35.5. The topological polar surface area (TPSA) is 66.4 Å². The van der Waals surface area contributed by atoms with Crippen LogP contribution in [-0.2, 0) is 16.6 Å².